The third-order valence-electron chi connectivity index (χ3n) is 3.34. The number of pyridine rings is 1. The number of aliphatic hydroxyl groups is 1. The molecule has 0 bridgehead atoms. The Balaban J connectivity index is 2.00. The Hall–Kier alpha value is -1.49. The molecule has 1 heterocycles. The summed E-state index contributed by atoms with van der Waals surface area (Å²) in [4.78, 5) is 4.07. The number of halogens is 2. The normalized spacial score (nSPS) is 13.9. The van der Waals surface area contributed by atoms with Gasteiger partial charge in [0.1, 0.15) is 5.82 Å². The molecule has 21 heavy (non-hydrogen) atoms. The summed E-state index contributed by atoms with van der Waals surface area (Å²) in [7, 11) is 0. The third-order valence-corrected chi connectivity index (χ3v) is 3.68. The summed E-state index contributed by atoms with van der Waals surface area (Å²) in [6, 6.07) is 10.2. The van der Waals surface area contributed by atoms with E-state index >= 15 is 0 Å². The van der Waals surface area contributed by atoms with Crippen molar-refractivity contribution < 1.29 is 9.50 Å². The van der Waals surface area contributed by atoms with E-state index in [4.69, 9.17) is 11.6 Å². The van der Waals surface area contributed by atoms with Crippen molar-refractivity contribution in [1.29, 1.82) is 0 Å². The predicted molar refractivity (Wildman–Crippen MR) is 81.6 cm³/mol. The van der Waals surface area contributed by atoms with Gasteiger partial charge in [-0.1, -0.05) is 36.7 Å². The summed E-state index contributed by atoms with van der Waals surface area (Å²) in [5, 5.41) is 14.0. The molecule has 3 nitrogen and oxygen atoms in total. The van der Waals surface area contributed by atoms with Gasteiger partial charge in [0, 0.05) is 23.2 Å². The molecule has 0 fully saturated rings. The Morgan fingerprint density at radius 3 is 2.67 bits per heavy atom. The molecule has 0 aliphatic carbocycles. The molecule has 0 amide bonds. The molecule has 2 rings (SSSR count). The molecular weight excluding hydrogens is 291 g/mol. The first-order valence-corrected chi connectivity index (χ1v) is 7.27. The maximum Gasteiger partial charge on any atom is 0.141 e. The van der Waals surface area contributed by atoms with Gasteiger partial charge >= 0.3 is 0 Å². The Kier molecular flexibility index (Phi) is 5.67. The number of rotatable bonds is 6. The predicted octanol–water partition coefficient (Wildman–Crippen LogP) is 3.65. The third kappa shape index (κ3) is 4.24. The maximum absolute atomic E-state index is 12.9. The lowest BCUT2D eigenvalue weighted by atomic mass is 10.1. The van der Waals surface area contributed by atoms with Gasteiger partial charge in [-0.2, -0.15) is 0 Å². The SMILES string of the molecule is CCC(NCC(O)c1ccccc1Cl)c1ccc(F)cn1. The summed E-state index contributed by atoms with van der Waals surface area (Å²) >= 11 is 6.06. The van der Waals surface area contributed by atoms with Gasteiger partial charge < -0.3 is 10.4 Å². The number of benzene rings is 1. The second-order valence-corrected chi connectivity index (χ2v) is 5.21. The fraction of sp³-hybridized carbons (Fsp3) is 0.312. The van der Waals surface area contributed by atoms with Crippen LogP contribution in [-0.4, -0.2) is 16.6 Å². The molecule has 0 aliphatic rings. The molecule has 2 unspecified atom stereocenters. The molecule has 0 saturated heterocycles. The molecule has 5 heteroatoms. The second kappa shape index (κ2) is 7.50. The second-order valence-electron chi connectivity index (χ2n) is 4.81. The van der Waals surface area contributed by atoms with Crippen molar-refractivity contribution >= 4 is 11.6 Å². The van der Waals surface area contributed by atoms with Crippen molar-refractivity contribution in [3.05, 3.63) is 64.7 Å². The van der Waals surface area contributed by atoms with E-state index in [1.807, 2.05) is 19.1 Å². The van der Waals surface area contributed by atoms with E-state index < -0.39 is 6.10 Å². The van der Waals surface area contributed by atoms with Crippen LogP contribution in [0.3, 0.4) is 0 Å². The number of hydrogen-bond donors (Lipinski definition) is 2. The zero-order valence-corrected chi connectivity index (χ0v) is 12.5. The Bertz CT molecular complexity index is 577. The lowest BCUT2D eigenvalue weighted by Gasteiger charge is -2.20. The van der Waals surface area contributed by atoms with Crippen LogP contribution in [0.5, 0.6) is 0 Å². The van der Waals surface area contributed by atoms with Gasteiger partial charge in [0.05, 0.1) is 18.0 Å². The topological polar surface area (TPSA) is 45.1 Å². The monoisotopic (exact) mass is 308 g/mol. The zero-order chi connectivity index (χ0) is 15.2. The van der Waals surface area contributed by atoms with E-state index in [1.165, 1.54) is 12.3 Å². The largest absolute Gasteiger partial charge is 0.387 e. The highest BCUT2D eigenvalue weighted by Gasteiger charge is 2.15. The van der Waals surface area contributed by atoms with Crippen LogP contribution in [-0.2, 0) is 0 Å². The smallest absolute Gasteiger partial charge is 0.141 e. The number of hydrogen-bond acceptors (Lipinski definition) is 3. The Morgan fingerprint density at radius 2 is 2.05 bits per heavy atom. The highest BCUT2D eigenvalue weighted by atomic mass is 35.5. The molecule has 1 aromatic carbocycles. The van der Waals surface area contributed by atoms with Gasteiger partial charge in [-0.3, -0.25) is 4.98 Å². The van der Waals surface area contributed by atoms with E-state index in [0.717, 1.165) is 12.1 Å². The number of aliphatic hydroxyl groups excluding tert-OH is 1. The van der Waals surface area contributed by atoms with Crippen LogP contribution >= 0.6 is 11.6 Å². The standard InChI is InChI=1S/C16H18ClFN2O/c1-2-14(15-8-7-11(18)9-19-15)20-10-16(21)12-5-3-4-6-13(12)17/h3-9,14,16,20-21H,2,10H2,1H3. The number of aromatic nitrogens is 1. The summed E-state index contributed by atoms with van der Waals surface area (Å²) in [6.45, 7) is 2.35. The van der Waals surface area contributed by atoms with Crippen LogP contribution in [0.1, 0.15) is 36.7 Å². The first-order valence-electron chi connectivity index (χ1n) is 6.89. The fourth-order valence-electron chi connectivity index (χ4n) is 2.16. The lowest BCUT2D eigenvalue weighted by molar-refractivity contribution is 0.169. The van der Waals surface area contributed by atoms with Gasteiger partial charge in [0.15, 0.2) is 0 Å². The van der Waals surface area contributed by atoms with Crippen molar-refractivity contribution in [2.75, 3.05) is 6.54 Å². The highest BCUT2D eigenvalue weighted by Crippen LogP contribution is 2.23. The average molecular weight is 309 g/mol. The lowest BCUT2D eigenvalue weighted by Crippen LogP contribution is -2.27. The van der Waals surface area contributed by atoms with E-state index in [-0.39, 0.29) is 11.9 Å². The molecule has 2 N–H and O–H groups in total. The van der Waals surface area contributed by atoms with Crippen LogP contribution in [0, 0.1) is 5.82 Å². The van der Waals surface area contributed by atoms with Crippen LogP contribution in [0.25, 0.3) is 0 Å². The molecular formula is C16H18ClFN2O. The zero-order valence-electron chi connectivity index (χ0n) is 11.8. The first kappa shape index (κ1) is 15.9. The van der Waals surface area contributed by atoms with Crippen LogP contribution in [0.15, 0.2) is 42.6 Å². The number of nitrogens with zero attached hydrogens (tertiary/aromatic N) is 1. The van der Waals surface area contributed by atoms with Crippen molar-refractivity contribution in [2.45, 2.75) is 25.5 Å². The van der Waals surface area contributed by atoms with Gasteiger partial charge in [-0.25, -0.2) is 4.39 Å². The molecule has 2 aromatic rings. The maximum atomic E-state index is 12.9. The molecule has 0 aliphatic heterocycles. The highest BCUT2D eigenvalue weighted by molar-refractivity contribution is 6.31. The van der Waals surface area contributed by atoms with E-state index in [9.17, 15) is 9.50 Å². The molecule has 0 spiro atoms. The summed E-state index contributed by atoms with van der Waals surface area (Å²) in [5.74, 6) is -0.357. The first-order chi connectivity index (χ1) is 10.1. The van der Waals surface area contributed by atoms with Gasteiger partial charge in [0.2, 0.25) is 0 Å². The molecule has 112 valence electrons. The van der Waals surface area contributed by atoms with Crippen LogP contribution in [0.4, 0.5) is 4.39 Å². The average Bonchev–Trinajstić information content (AvgIpc) is 2.49. The van der Waals surface area contributed by atoms with E-state index in [2.05, 4.69) is 10.3 Å². The minimum Gasteiger partial charge on any atom is -0.387 e. The van der Waals surface area contributed by atoms with Gasteiger partial charge in [0.25, 0.3) is 0 Å². The minimum absolute atomic E-state index is 0.0391. The summed E-state index contributed by atoms with van der Waals surface area (Å²) in [6.07, 6.45) is 1.28. The van der Waals surface area contributed by atoms with Crippen LogP contribution in [0.2, 0.25) is 5.02 Å². The summed E-state index contributed by atoms with van der Waals surface area (Å²) in [5.41, 5.74) is 1.44. The molecule has 2 atom stereocenters. The molecule has 0 radical (unpaired) electrons. The summed E-state index contributed by atoms with van der Waals surface area (Å²) < 4.78 is 12.9. The minimum atomic E-state index is -0.701. The Labute approximate surface area is 128 Å². The van der Waals surface area contributed by atoms with Crippen molar-refractivity contribution in [2.24, 2.45) is 0 Å². The Morgan fingerprint density at radius 1 is 1.29 bits per heavy atom. The van der Waals surface area contributed by atoms with Gasteiger partial charge in [-0.05, 0) is 24.6 Å². The molecule has 1 aromatic heterocycles. The molecule has 0 saturated carbocycles. The van der Waals surface area contributed by atoms with Crippen molar-refractivity contribution in [1.82, 2.24) is 10.3 Å². The van der Waals surface area contributed by atoms with Crippen molar-refractivity contribution in [3.8, 4) is 0 Å². The number of nitrogens with one attached hydrogen (secondary N) is 1. The quantitative estimate of drug-likeness (QED) is 0.856. The van der Waals surface area contributed by atoms with Gasteiger partial charge in [-0.15, -0.1) is 0 Å². The fourth-order valence-corrected chi connectivity index (χ4v) is 2.42. The van der Waals surface area contributed by atoms with Crippen LogP contribution < -0.4 is 5.32 Å². The van der Waals surface area contributed by atoms with E-state index in [0.29, 0.717) is 17.1 Å². The van der Waals surface area contributed by atoms with Crippen molar-refractivity contribution in [3.63, 3.8) is 0 Å². The van der Waals surface area contributed by atoms with E-state index in [1.54, 1.807) is 18.2 Å².